The first kappa shape index (κ1) is 20.1. The average molecular weight is 431 g/mol. The Bertz CT molecular complexity index is 1210. The topological polar surface area (TPSA) is 58.1 Å². The second kappa shape index (κ2) is 8.73. The molecule has 0 unspecified atom stereocenters. The highest BCUT2D eigenvalue weighted by Crippen LogP contribution is 2.28. The predicted molar refractivity (Wildman–Crippen MR) is 126 cm³/mol. The first-order valence-corrected chi connectivity index (χ1v) is 11.7. The lowest BCUT2D eigenvalue weighted by molar-refractivity contribution is 0.0939. The summed E-state index contributed by atoms with van der Waals surface area (Å²) in [7, 11) is 0. The minimum atomic E-state index is 0.0148. The smallest absolute Gasteiger partial charge is 0.261 e. The molecule has 0 aliphatic carbocycles. The molecule has 1 aliphatic heterocycles. The Balaban J connectivity index is 1.17. The number of aromatic nitrogens is 2. The molecule has 1 amide bonds. The summed E-state index contributed by atoms with van der Waals surface area (Å²) >= 11 is 1.48. The molecule has 6 heteroatoms. The number of fused-ring (bicyclic) bond motifs is 2. The monoisotopic (exact) mass is 430 g/mol. The molecule has 1 fully saturated rings. The van der Waals surface area contributed by atoms with Crippen molar-refractivity contribution in [3.8, 4) is 0 Å². The highest BCUT2D eigenvalue weighted by atomic mass is 32.1. The molecule has 4 heterocycles. The Kier molecular flexibility index (Phi) is 5.66. The van der Waals surface area contributed by atoms with Crippen molar-refractivity contribution in [2.75, 3.05) is 19.6 Å². The molecule has 5 rings (SSSR count). The Labute approximate surface area is 186 Å². The van der Waals surface area contributed by atoms with Gasteiger partial charge in [-0.15, -0.1) is 11.3 Å². The van der Waals surface area contributed by atoms with Gasteiger partial charge in [-0.05, 0) is 74.7 Å². The molecule has 1 saturated heterocycles. The van der Waals surface area contributed by atoms with Crippen LogP contribution < -0.4 is 5.32 Å². The molecule has 158 valence electrons. The van der Waals surface area contributed by atoms with Crippen molar-refractivity contribution >= 4 is 38.4 Å². The third-order valence-electron chi connectivity index (χ3n) is 6.07. The highest BCUT2D eigenvalue weighted by molar-refractivity contribution is 7.20. The number of rotatable bonds is 5. The molecule has 1 aromatic carbocycles. The lowest BCUT2D eigenvalue weighted by Crippen LogP contribution is -2.38. The van der Waals surface area contributed by atoms with E-state index in [0.717, 1.165) is 65.0 Å². The van der Waals surface area contributed by atoms with Crippen LogP contribution in [0, 0.1) is 12.8 Å². The number of likely N-dealkylation sites (tertiary alicyclic amines) is 1. The van der Waals surface area contributed by atoms with Crippen LogP contribution in [0.25, 0.3) is 21.1 Å². The van der Waals surface area contributed by atoms with Gasteiger partial charge in [-0.2, -0.15) is 0 Å². The standard InChI is InChI=1S/C25H26N4OS/c1-17-4-5-22-20(11-17)12-21-13-23(31-25(21)28-22)24(30)27-15-18-6-9-29(10-7-18)16-19-3-2-8-26-14-19/h2-5,8,11-14,18H,6-7,9-10,15-16H2,1H3,(H,27,30). The molecule has 4 aromatic rings. The lowest BCUT2D eigenvalue weighted by Gasteiger charge is -2.31. The van der Waals surface area contributed by atoms with Gasteiger partial charge in [0.1, 0.15) is 4.83 Å². The van der Waals surface area contributed by atoms with Gasteiger partial charge in [0.15, 0.2) is 0 Å². The van der Waals surface area contributed by atoms with E-state index in [2.05, 4.69) is 46.4 Å². The normalized spacial score (nSPS) is 15.5. The number of hydrogen-bond donors (Lipinski definition) is 1. The Hall–Kier alpha value is -2.83. The summed E-state index contributed by atoms with van der Waals surface area (Å²) in [6.07, 6.45) is 5.98. The molecule has 0 atom stereocenters. The number of carbonyl (C=O) groups is 1. The summed E-state index contributed by atoms with van der Waals surface area (Å²) in [5.74, 6) is 0.549. The third-order valence-corrected chi connectivity index (χ3v) is 7.11. The minimum Gasteiger partial charge on any atom is -0.351 e. The number of pyridine rings is 2. The van der Waals surface area contributed by atoms with Crippen molar-refractivity contribution in [2.24, 2.45) is 5.92 Å². The number of thiophene rings is 1. The maximum atomic E-state index is 12.8. The number of hydrogen-bond acceptors (Lipinski definition) is 5. The van der Waals surface area contributed by atoms with Gasteiger partial charge < -0.3 is 5.32 Å². The zero-order chi connectivity index (χ0) is 21.2. The van der Waals surface area contributed by atoms with Crippen LogP contribution in [0.3, 0.4) is 0 Å². The number of nitrogens with zero attached hydrogens (tertiary/aromatic N) is 3. The van der Waals surface area contributed by atoms with Crippen LogP contribution in [0.15, 0.2) is 54.9 Å². The molecule has 0 bridgehead atoms. The zero-order valence-corrected chi connectivity index (χ0v) is 18.5. The van der Waals surface area contributed by atoms with Crippen LogP contribution in [-0.4, -0.2) is 40.4 Å². The van der Waals surface area contributed by atoms with E-state index < -0.39 is 0 Å². The predicted octanol–water partition coefficient (Wildman–Crippen LogP) is 4.79. The largest absolute Gasteiger partial charge is 0.351 e. The van der Waals surface area contributed by atoms with Gasteiger partial charge in [-0.25, -0.2) is 4.98 Å². The fourth-order valence-corrected chi connectivity index (χ4v) is 5.23. The molecular formula is C25H26N4OS. The molecule has 3 aromatic heterocycles. The van der Waals surface area contributed by atoms with Crippen molar-refractivity contribution in [1.82, 2.24) is 20.2 Å². The molecule has 1 aliphatic rings. The summed E-state index contributed by atoms with van der Waals surface area (Å²) in [6, 6.07) is 14.5. The van der Waals surface area contributed by atoms with E-state index in [4.69, 9.17) is 4.98 Å². The van der Waals surface area contributed by atoms with E-state index in [1.807, 2.05) is 30.6 Å². The van der Waals surface area contributed by atoms with Gasteiger partial charge >= 0.3 is 0 Å². The number of amides is 1. The lowest BCUT2D eigenvalue weighted by atomic mass is 9.96. The highest BCUT2D eigenvalue weighted by Gasteiger charge is 2.20. The van der Waals surface area contributed by atoms with Gasteiger partial charge in [0.05, 0.1) is 10.4 Å². The van der Waals surface area contributed by atoms with Crippen molar-refractivity contribution in [2.45, 2.75) is 26.3 Å². The van der Waals surface area contributed by atoms with E-state index in [1.165, 1.54) is 22.5 Å². The molecule has 0 spiro atoms. The Morgan fingerprint density at radius 1 is 1.16 bits per heavy atom. The van der Waals surface area contributed by atoms with Crippen LogP contribution >= 0.6 is 11.3 Å². The summed E-state index contributed by atoms with van der Waals surface area (Å²) in [5, 5.41) is 5.32. The summed E-state index contributed by atoms with van der Waals surface area (Å²) in [6.45, 7) is 5.90. The first-order chi connectivity index (χ1) is 15.1. The van der Waals surface area contributed by atoms with E-state index in [0.29, 0.717) is 5.92 Å². The fourth-order valence-electron chi connectivity index (χ4n) is 4.29. The zero-order valence-electron chi connectivity index (χ0n) is 17.7. The minimum absolute atomic E-state index is 0.0148. The van der Waals surface area contributed by atoms with E-state index in [-0.39, 0.29) is 5.91 Å². The van der Waals surface area contributed by atoms with Gasteiger partial charge in [0.2, 0.25) is 0 Å². The molecule has 31 heavy (non-hydrogen) atoms. The maximum Gasteiger partial charge on any atom is 0.261 e. The van der Waals surface area contributed by atoms with Crippen molar-refractivity contribution in [1.29, 1.82) is 0 Å². The molecule has 1 N–H and O–H groups in total. The second-order valence-corrected chi connectivity index (χ2v) is 9.51. The van der Waals surface area contributed by atoms with Gasteiger partial charge in [-0.3, -0.25) is 14.7 Å². The molecule has 5 nitrogen and oxygen atoms in total. The number of aryl methyl sites for hydroxylation is 1. The Morgan fingerprint density at radius 2 is 2.03 bits per heavy atom. The first-order valence-electron chi connectivity index (χ1n) is 10.8. The number of benzene rings is 1. The molecular weight excluding hydrogens is 404 g/mol. The quantitative estimate of drug-likeness (QED) is 0.494. The van der Waals surface area contributed by atoms with E-state index in [1.54, 1.807) is 0 Å². The maximum absolute atomic E-state index is 12.8. The van der Waals surface area contributed by atoms with Crippen LogP contribution in [0.1, 0.15) is 33.6 Å². The summed E-state index contributed by atoms with van der Waals surface area (Å²) in [4.78, 5) is 25.8. The van der Waals surface area contributed by atoms with E-state index >= 15 is 0 Å². The van der Waals surface area contributed by atoms with Crippen molar-refractivity contribution < 1.29 is 4.79 Å². The SMILES string of the molecule is Cc1ccc2nc3sc(C(=O)NCC4CCN(Cc5cccnc5)CC4)cc3cc2c1. The van der Waals surface area contributed by atoms with Crippen LogP contribution in [0.4, 0.5) is 0 Å². The van der Waals surface area contributed by atoms with Crippen molar-refractivity contribution in [3.05, 3.63) is 70.9 Å². The molecule has 0 radical (unpaired) electrons. The average Bonchev–Trinajstić information content (AvgIpc) is 3.20. The second-order valence-electron chi connectivity index (χ2n) is 8.48. The van der Waals surface area contributed by atoms with Gasteiger partial charge in [-0.1, -0.05) is 17.7 Å². The summed E-state index contributed by atoms with van der Waals surface area (Å²) in [5.41, 5.74) is 3.45. The summed E-state index contributed by atoms with van der Waals surface area (Å²) < 4.78 is 0. The van der Waals surface area contributed by atoms with Crippen LogP contribution in [0.2, 0.25) is 0 Å². The van der Waals surface area contributed by atoms with Gasteiger partial charge in [0, 0.05) is 36.3 Å². The Morgan fingerprint density at radius 3 is 2.84 bits per heavy atom. The van der Waals surface area contributed by atoms with Gasteiger partial charge in [0.25, 0.3) is 5.91 Å². The van der Waals surface area contributed by atoms with Crippen LogP contribution in [0.5, 0.6) is 0 Å². The fraction of sp³-hybridized carbons (Fsp3) is 0.320. The van der Waals surface area contributed by atoms with Crippen LogP contribution in [-0.2, 0) is 6.54 Å². The number of piperidine rings is 1. The van der Waals surface area contributed by atoms with E-state index in [9.17, 15) is 4.79 Å². The third kappa shape index (κ3) is 4.60. The van der Waals surface area contributed by atoms with Crippen molar-refractivity contribution in [3.63, 3.8) is 0 Å². The number of carbonyl (C=O) groups excluding carboxylic acids is 1. The molecule has 0 saturated carbocycles. The number of nitrogens with one attached hydrogen (secondary N) is 1.